The Labute approximate surface area is 89.5 Å². The van der Waals surface area contributed by atoms with E-state index in [-0.39, 0.29) is 5.91 Å². The Hall–Kier alpha value is -0.790. The van der Waals surface area contributed by atoms with Crippen LogP contribution in [0.25, 0.3) is 0 Å². The van der Waals surface area contributed by atoms with Gasteiger partial charge in [0.25, 0.3) is 0 Å². The molecule has 0 aliphatic carbocycles. The van der Waals surface area contributed by atoms with Crippen molar-refractivity contribution in [3.63, 3.8) is 0 Å². The van der Waals surface area contributed by atoms with Crippen LogP contribution in [0.15, 0.2) is 15.9 Å². The third-order valence-corrected chi connectivity index (χ3v) is 2.97. The van der Waals surface area contributed by atoms with Gasteiger partial charge in [-0.05, 0) is 28.1 Å². The molecule has 0 saturated carbocycles. The lowest BCUT2D eigenvalue weighted by molar-refractivity contribution is -0.120. The van der Waals surface area contributed by atoms with Crippen molar-refractivity contribution in [1.82, 2.24) is 5.32 Å². The standard InChI is InChI=1S/C9H8BrNOS/c1-2-5-11-9(12)6-7-3-4-8(10)13-7/h1,3-4H,5-6H2,(H,11,12). The van der Waals surface area contributed by atoms with E-state index in [4.69, 9.17) is 6.42 Å². The molecule has 2 nitrogen and oxygen atoms in total. The molecular formula is C9H8BrNOS. The maximum Gasteiger partial charge on any atom is 0.226 e. The van der Waals surface area contributed by atoms with Crippen molar-refractivity contribution in [1.29, 1.82) is 0 Å². The molecule has 0 aliphatic heterocycles. The molecule has 1 rings (SSSR count). The third-order valence-electron chi connectivity index (χ3n) is 1.35. The molecule has 1 aromatic heterocycles. The summed E-state index contributed by atoms with van der Waals surface area (Å²) in [6, 6.07) is 3.85. The lowest BCUT2D eigenvalue weighted by Crippen LogP contribution is -2.24. The first kappa shape index (κ1) is 10.3. The number of terminal acetylenes is 1. The van der Waals surface area contributed by atoms with Gasteiger partial charge in [-0.3, -0.25) is 4.79 Å². The summed E-state index contributed by atoms with van der Waals surface area (Å²) in [5, 5.41) is 2.61. The summed E-state index contributed by atoms with van der Waals surface area (Å²) in [7, 11) is 0. The van der Waals surface area contributed by atoms with Crippen LogP contribution in [0.2, 0.25) is 0 Å². The molecule has 0 radical (unpaired) electrons. The first-order valence-corrected chi connectivity index (χ1v) is 5.27. The van der Waals surface area contributed by atoms with Gasteiger partial charge >= 0.3 is 0 Å². The highest BCUT2D eigenvalue weighted by Gasteiger charge is 2.03. The van der Waals surface area contributed by atoms with Gasteiger partial charge in [0.15, 0.2) is 0 Å². The summed E-state index contributed by atoms with van der Waals surface area (Å²) in [5.74, 6) is 2.32. The fraction of sp³-hybridized carbons (Fsp3) is 0.222. The van der Waals surface area contributed by atoms with E-state index >= 15 is 0 Å². The Morgan fingerprint density at radius 1 is 1.69 bits per heavy atom. The molecule has 4 heteroatoms. The smallest absolute Gasteiger partial charge is 0.226 e. The van der Waals surface area contributed by atoms with Gasteiger partial charge in [-0.1, -0.05) is 5.92 Å². The van der Waals surface area contributed by atoms with Crippen LogP contribution in [-0.4, -0.2) is 12.5 Å². The molecule has 13 heavy (non-hydrogen) atoms. The number of amides is 1. The first-order valence-electron chi connectivity index (χ1n) is 3.66. The monoisotopic (exact) mass is 257 g/mol. The summed E-state index contributed by atoms with van der Waals surface area (Å²) in [6.45, 7) is 0.297. The van der Waals surface area contributed by atoms with Gasteiger partial charge in [0, 0.05) is 4.88 Å². The molecule has 0 aliphatic rings. The minimum Gasteiger partial charge on any atom is -0.345 e. The van der Waals surface area contributed by atoms with Crippen LogP contribution in [0.5, 0.6) is 0 Å². The van der Waals surface area contributed by atoms with Crippen LogP contribution in [0.3, 0.4) is 0 Å². The van der Waals surface area contributed by atoms with Crippen molar-refractivity contribution in [2.45, 2.75) is 6.42 Å². The lowest BCUT2D eigenvalue weighted by Gasteiger charge is -1.97. The van der Waals surface area contributed by atoms with Gasteiger partial charge in [-0.2, -0.15) is 0 Å². The zero-order chi connectivity index (χ0) is 9.68. The molecule has 0 spiro atoms. The second kappa shape index (κ2) is 5.05. The zero-order valence-corrected chi connectivity index (χ0v) is 9.24. The largest absolute Gasteiger partial charge is 0.345 e. The number of carbonyl (C=O) groups is 1. The van der Waals surface area contributed by atoms with E-state index in [9.17, 15) is 4.79 Å². The predicted molar refractivity (Wildman–Crippen MR) is 57.6 cm³/mol. The highest BCUT2D eigenvalue weighted by molar-refractivity contribution is 9.11. The van der Waals surface area contributed by atoms with E-state index in [0.717, 1.165) is 8.66 Å². The predicted octanol–water partition coefficient (Wildman–Crippen LogP) is 1.80. The Bertz CT molecular complexity index is 340. The SMILES string of the molecule is C#CCNC(=O)Cc1ccc(Br)s1. The number of carbonyl (C=O) groups excluding carboxylic acids is 1. The summed E-state index contributed by atoms with van der Waals surface area (Å²) >= 11 is 4.88. The van der Waals surface area contributed by atoms with Gasteiger partial charge < -0.3 is 5.32 Å². The highest BCUT2D eigenvalue weighted by Crippen LogP contribution is 2.22. The average Bonchev–Trinajstić information content (AvgIpc) is 2.48. The molecule has 0 unspecified atom stereocenters. The molecule has 0 fully saturated rings. The second-order valence-electron chi connectivity index (χ2n) is 2.36. The maximum absolute atomic E-state index is 11.2. The summed E-state index contributed by atoms with van der Waals surface area (Å²) in [6.07, 6.45) is 5.41. The van der Waals surface area contributed by atoms with Crippen LogP contribution >= 0.6 is 27.3 Å². The highest BCUT2D eigenvalue weighted by atomic mass is 79.9. The summed E-state index contributed by atoms with van der Waals surface area (Å²) in [5.41, 5.74) is 0. The van der Waals surface area contributed by atoms with E-state index < -0.39 is 0 Å². The van der Waals surface area contributed by atoms with Gasteiger partial charge in [0.05, 0.1) is 16.8 Å². The average molecular weight is 258 g/mol. The zero-order valence-electron chi connectivity index (χ0n) is 6.84. The Kier molecular flexibility index (Phi) is 4.00. The summed E-state index contributed by atoms with van der Waals surface area (Å²) in [4.78, 5) is 12.2. The number of rotatable bonds is 3. The minimum atomic E-state index is -0.0349. The second-order valence-corrected chi connectivity index (χ2v) is 4.91. The van der Waals surface area contributed by atoms with Crippen LogP contribution in [0, 0.1) is 12.3 Å². The summed E-state index contributed by atoms with van der Waals surface area (Å²) < 4.78 is 1.03. The maximum atomic E-state index is 11.2. The van der Waals surface area contributed by atoms with Crippen molar-refractivity contribution >= 4 is 33.2 Å². The lowest BCUT2D eigenvalue weighted by atomic mass is 10.3. The Morgan fingerprint density at radius 2 is 2.46 bits per heavy atom. The minimum absolute atomic E-state index is 0.0349. The topological polar surface area (TPSA) is 29.1 Å². The molecule has 1 N–H and O–H groups in total. The van der Waals surface area contributed by atoms with E-state index in [2.05, 4.69) is 27.2 Å². The van der Waals surface area contributed by atoms with Gasteiger partial charge in [0.2, 0.25) is 5.91 Å². The molecule has 0 atom stereocenters. The van der Waals surface area contributed by atoms with Crippen molar-refractivity contribution < 1.29 is 4.79 Å². The number of halogens is 1. The first-order chi connectivity index (χ1) is 6.22. The van der Waals surface area contributed by atoms with Crippen LogP contribution < -0.4 is 5.32 Å². The quantitative estimate of drug-likeness (QED) is 0.823. The van der Waals surface area contributed by atoms with Crippen LogP contribution in [0.1, 0.15) is 4.88 Å². The molecular weight excluding hydrogens is 250 g/mol. The molecule has 68 valence electrons. The third kappa shape index (κ3) is 3.62. The van der Waals surface area contributed by atoms with E-state index in [1.807, 2.05) is 12.1 Å². The van der Waals surface area contributed by atoms with Gasteiger partial charge in [0.1, 0.15) is 0 Å². The van der Waals surface area contributed by atoms with E-state index in [1.165, 1.54) is 0 Å². The Morgan fingerprint density at radius 3 is 3.00 bits per heavy atom. The van der Waals surface area contributed by atoms with Crippen LogP contribution in [-0.2, 0) is 11.2 Å². The normalized spacial score (nSPS) is 9.23. The molecule has 0 aromatic carbocycles. The molecule has 0 bridgehead atoms. The molecule has 1 amide bonds. The van der Waals surface area contributed by atoms with E-state index in [1.54, 1.807) is 11.3 Å². The van der Waals surface area contributed by atoms with Gasteiger partial charge in [-0.25, -0.2) is 0 Å². The van der Waals surface area contributed by atoms with Crippen molar-refractivity contribution in [2.75, 3.05) is 6.54 Å². The van der Waals surface area contributed by atoms with E-state index in [0.29, 0.717) is 13.0 Å². The fourth-order valence-corrected chi connectivity index (χ4v) is 2.30. The van der Waals surface area contributed by atoms with Crippen molar-refractivity contribution in [2.24, 2.45) is 0 Å². The number of hydrogen-bond donors (Lipinski definition) is 1. The van der Waals surface area contributed by atoms with Gasteiger partial charge in [-0.15, -0.1) is 17.8 Å². The Balaban J connectivity index is 2.41. The van der Waals surface area contributed by atoms with Crippen LogP contribution in [0.4, 0.5) is 0 Å². The fourth-order valence-electron chi connectivity index (χ4n) is 0.817. The molecule has 1 aromatic rings. The van der Waals surface area contributed by atoms with Crippen molar-refractivity contribution in [3.8, 4) is 12.3 Å². The number of thiophene rings is 1. The number of nitrogens with one attached hydrogen (secondary N) is 1. The molecule has 1 heterocycles. The molecule has 0 saturated heterocycles. The van der Waals surface area contributed by atoms with Crippen molar-refractivity contribution in [3.05, 3.63) is 20.8 Å². The number of hydrogen-bond acceptors (Lipinski definition) is 2.